The van der Waals surface area contributed by atoms with Gasteiger partial charge in [-0.3, -0.25) is 9.59 Å². The summed E-state index contributed by atoms with van der Waals surface area (Å²) in [5, 5.41) is 14.3. The first-order valence-electron chi connectivity index (χ1n) is 7.46. The zero-order valence-corrected chi connectivity index (χ0v) is 13.1. The van der Waals surface area contributed by atoms with Crippen LogP contribution < -0.4 is 5.73 Å². The molecule has 122 valence electrons. The molecule has 1 fully saturated rings. The third kappa shape index (κ3) is 2.55. The molecule has 1 aliphatic heterocycles. The molecule has 8 nitrogen and oxygen atoms in total. The van der Waals surface area contributed by atoms with Crippen molar-refractivity contribution in [2.24, 2.45) is 5.73 Å². The maximum Gasteiger partial charge on any atom is 0.273 e. The molecule has 2 amide bonds. The van der Waals surface area contributed by atoms with Crippen molar-refractivity contribution >= 4 is 17.5 Å². The summed E-state index contributed by atoms with van der Waals surface area (Å²) in [6, 6.07) is 1.29. The highest BCUT2D eigenvalue weighted by Gasteiger charge is 2.39. The highest BCUT2D eigenvalue weighted by molar-refractivity contribution is 6.00. The summed E-state index contributed by atoms with van der Waals surface area (Å²) in [6.45, 7) is 3.97. The van der Waals surface area contributed by atoms with Gasteiger partial charge in [0.15, 0.2) is 5.65 Å². The van der Waals surface area contributed by atoms with Crippen LogP contribution in [0.1, 0.15) is 47.5 Å². The molecule has 8 heteroatoms. The lowest BCUT2D eigenvalue weighted by atomic mass is 9.96. The third-order valence-electron chi connectivity index (χ3n) is 4.21. The molecular weight excluding hydrogens is 298 g/mol. The monoisotopic (exact) mass is 317 g/mol. The lowest BCUT2D eigenvalue weighted by Crippen LogP contribution is -2.48. The fraction of sp³-hybridized carbons (Fsp3) is 0.467. The summed E-state index contributed by atoms with van der Waals surface area (Å²) < 4.78 is 1.32. The SMILES string of the molecule is CC(C)(O)C1CCCN1C(=O)c1ccnc2c(C(N)=O)cnn12. The Morgan fingerprint density at radius 2 is 2.17 bits per heavy atom. The molecule has 1 unspecified atom stereocenters. The molecule has 3 N–H and O–H groups in total. The predicted octanol–water partition coefficient (Wildman–Crippen LogP) is 0.204. The Hall–Kier alpha value is -2.48. The number of aliphatic hydroxyl groups is 1. The number of fused-ring (bicyclic) bond motifs is 1. The summed E-state index contributed by atoms with van der Waals surface area (Å²) >= 11 is 0. The van der Waals surface area contributed by atoms with Gasteiger partial charge in [-0.2, -0.15) is 5.10 Å². The van der Waals surface area contributed by atoms with Crippen molar-refractivity contribution in [3.8, 4) is 0 Å². The van der Waals surface area contributed by atoms with Gasteiger partial charge < -0.3 is 15.7 Å². The average molecular weight is 317 g/mol. The van der Waals surface area contributed by atoms with E-state index in [1.54, 1.807) is 24.8 Å². The van der Waals surface area contributed by atoms with E-state index in [9.17, 15) is 14.7 Å². The van der Waals surface area contributed by atoms with Gasteiger partial charge in [0, 0.05) is 12.7 Å². The third-order valence-corrected chi connectivity index (χ3v) is 4.21. The van der Waals surface area contributed by atoms with E-state index in [1.807, 2.05) is 0 Å². The molecule has 0 bridgehead atoms. The van der Waals surface area contributed by atoms with Crippen molar-refractivity contribution in [3.05, 3.63) is 29.7 Å². The van der Waals surface area contributed by atoms with Crippen LogP contribution in [-0.2, 0) is 0 Å². The van der Waals surface area contributed by atoms with E-state index in [4.69, 9.17) is 5.73 Å². The van der Waals surface area contributed by atoms with E-state index in [0.29, 0.717) is 12.2 Å². The predicted molar refractivity (Wildman–Crippen MR) is 81.9 cm³/mol. The van der Waals surface area contributed by atoms with Gasteiger partial charge in [-0.15, -0.1) is 0 Å². The fourth-order valence-corrected chi connectivity index (χ4v) is 3.12. The van der Waals surface area contributed by atoms with Gasteiger partial charge in [-0.25, -0.2) is 9.50 Å². The van der Waals surface area contributed by atoms with Gasteiger partial charge in [0.25, 0.3) is 11.8 Å². The van der Waals surface area contributed by atoms with Gasteiger partial charge in [0.05, 0.1) is 17.8 Å². The van der Waals surface area contributed by atoms with Crippen molar-refractivity contribution in [1.29, 1.82) is 0 Å². The zero-order valence-electron chi connectivity index (χ0n) is 13.1. The van der Waals surface area contributed by atoms with Gasteiger partial charge in [-0.1, -0.05) is 0 Å². The molecule has 0 aliphatic carbocycles. The van der Waals surface area contributed by atoms with Crippen molar-refractivity contribution in [1.82, 2.24) is 19.5 Å². The summed E-state index contributed by atoms with van der Waals surface area (Å²) in [7, 11) is 0. The molecule has 1 saturated heterocycles. The second kappa shape index (κ2) is 5.31. The molecule has 23 heavy (non-hydrogen) atoms. The molecule has 0 spiro atoms. The van der Waals surface area contributed by atoms with E-state index in [0.717, 1.165) is 12.8 Å². The van der Waals surface area contributed by atoms with Gasteiger partial charge in [0.1, 0.15) is 11.3 Å². The van der Waals surface area contributed by atoms with Crippen LogP contribution in [0.5, 0.6) is 0 Å². The molecule has 3 rings (SSSR count). The van der Waals surface area contributed by atoms with Crippen LogP contribution in [0.25, 0.3) is 5.65 Å². The molecule has 3 heterocycles. The first kappa shape index (κ1) is 15.4. The van der Waals surface area contributed by atoms with Crippen molar-refractivity contribution in [2.75, 3.05) is 6.54 Å². The van der Waals surface area contributed by atoms with E-state index in [-0.39, 0.29) is 23.2 Å². The van der Waals surface area contributed by atoms with E-state index < -0.39 is 11.5 Å². The van der Waals surface area contributed by atoms with Crippen LogP contribution in [0, 0.1) is 0 Å². The second-order valence-electron chi connectivity index (χ2n) is 6.30. The number of nitrogens with zero attached hydrogens (tertiary/aromatic N) is 4. The highest BCUT2D eigenvalue weighted by Crippen LogP contribution is 2.28. The topological polar surface area (TPSA) is 114 Å². The number of likely N-dealkylation sites (tertiary alicyclic amines) is 1. The molecule has 2 aromatic heterocycles. The number of carbonyl (C=O) groups is 2. The van der Waals surface area contributed by atoms with Gasteiger partial charge in [0.2, 0.25) is 0 Å². The highest BCUT2D eigenvalue weighted by atomic mass is 16.3. The van der Waals surface area contributed by atoms with Crippen LogP contribution in [0.3, 0.4) is 0 Å². The van der Waals surface area contributed by atoms with Crippen LogP contribution in [0.4, 0.5) is 0 Å². The maximum atomic E-state index is 12.9. The number of carbonyl (C=O) groups excluding carboxylic acids is 2. The fourth-order valence-electron chi connectivity index (χ4n) is 3.12. The molecular formula is C15H19N5O3. The number of primary amides is 1. The Kier molecular flexibility index (Phi) is 3.56. The van der Waals surface area contributed by atoms with Crippen molar-refractivity contribution in [3.63, 3.8) is 0 Å². The smallest absolute Gasteiger partial charge is 0.273 e. The first-order valence-corrected chi connectivity index (χ1v) is 7.46. The Balaban J connectivity index is 2.03. The lowest BCUT2D eigenvalue weighted by molar-refractivity contribution is 0.00000848. The number of hydrogen-bond donors (Lipinski definition) is 2. The largest absolute Gasteiger partial charge is 0.388 e. The lowest BCUT2D eigenvalue weighted by Gasteiger charge is -2.33. The Morgan fingerprint density at radius 3 is 2.83 bits per heavy atom. The standard InChI is InChI=1S/C15H19N5O3/c1-15(2,23)11-4-3-7-19(11)14(22)10-5-6-17-13-9(12(16)21)8-18-20(10)13/h5-6,8,11,23H,3-4,7H2,1-2H3,(H2,16,21). The molecule has 0 aromatic carbocycles. The summed E-state index contributed by atoms with van der Waals surface area (Å²) in [5.74, 6) is -0.895. The number of amides is 2. The summed E-state index contributed by atoms with van der Waals surface area (Å²) in [4.78, 5) is 30.0. The minimum atomic E-state index is -0.985. The minimum Gasteiger partial charge on any atom is -0.388 e. The van der Waals surface area contributed by atoms with E-state index in [2.05, 4.69) is 10.1 Å². The summed E-state index contributed by atoms with van der Waals surface area (Å²) in [6.07, 6.45) is 4.33. The first-order chi connectivity index (χ1) is 10.8. The number of hydrogen-bond acceptors (Lipinski definition) is 5. The summed E-state index contributed by atoms with van der Waals surface area (Å²) in [5.41, 5.74) is 5.02. The molecule has 1 atom stereocenters. The second-order valence-corrected chi connectivity index (χ2v) is 6.30. The Labute approximate surface area is 132 Å². The Morgan fingerprint density at radius 1 is 1.43 bits per heavy atom. The van der Waals surface area contributed by atoms with Crippen LogP contribution in [0.2, 0.25) is 0 Å². The maximum absolute atomic E-state index is 12.9. The molecule has 2 aromatic rings. The normalized spacial score (nSPS) is 18.6. The van der Waals surface area contributed by atoms with E-state index >= 15 is 0 Å². The molecule has 0 saturated carbocycles. The van der Waals surface area contributed by atoms with Crippen LogP contribution in [0.15, 0.2) is 18.5 Å². The molecule has 0 radical (unpaired) electrons. The number of nitrogens with two attached hydrogens (primary N) is 1. The van der Waals surface area contributed by atoms with Gasteiger partial charge >= 0.3 is 0 Å². The molecule has 1 aliphatic rings. The van der Waals surface area contributed by atoms with Crippen LogP contribution in [-0.4, -0.2) is 54.6 Å². The Bertz CT molecular complexity index is 777. The van der Waals surface area contributed by atoms with E-state index in [1.165, 1.54) is 16.9 Å². The quantitative estimate of drug-likeness (QED) is 0.839. The van der Waals surface area contributed by atoms with Crippen molar-refractivity contribution < 1.29 is 14.7 Å². The van der Waals surface area contributed by atoms with Crippen LogP contribution >= 0.6 is 0 Å². The number of rotatable bonds is 3. The zero-order chi connectivity index (χ0) is 16.8. The average Bonchev–Trinajstić information content (AvgIpc) is 3.12. The van der Waals surface area contributed by atoms with Gasteiger partial charge in [-0.05, 0) is 32.8 Å². The number of aromatic nitrogens is 3. The minimum absolute atomic E-state index is 0.167. The van der Waals surface area contributed by atoms with Crippen molar-refractivity contribution in [2.45, 2.75) is 38.3 Å².